The van der Waals surface area contributed by atoms with Crippen LogP contribution in [0.4, 0.5) is 0 Å². The number of hydrogen-bond donors (Lipinski definition) is 3. The lowest BCUT2D eigenvalue weighted by atomic mass is 10.2. The molecule has 0 saturated carbocycles. The number of carboxylic acids is 1. The third-order valence-electron chi connectivity index (χ3n) is 1.54. The minimum absolute atomic E-state index is 0.235. The molecule has 14 heavy (non-hydrogen) atoms. The van der Waals surface area contributed by atoms with Crippen LogP contribution in [0.15, 0.2) is 0 Å². The number of carbonyl (C=O) groups excluding carboxylic acids is 1. The number of rotatable bonds is 9. The largest absolute Gasteiger partial charge is 0.480 e. The SMILES string of the molecule is CCONCNC(CCC=O)C(=O)O. The Morgan fingerprint density at radius 2 is 2.36 bits per heavy atom. The predicted molar refractivity (Wildman–Crippen MR) is 49.5 cm³/mol. The summed E-state index contributed by atoms with van der Waals surface area (Å²) < 4.78 is 0. The van der Waals surface area contributed by atoms with E-state index in [0.717, 1.165) is 0 Å². The summed E-state index contributed by atoms with van der Waals surface area (Å²) in [7, 11) is 0. The molecule has 82 valence electrons. The third kappa shape index (κ3) is 6.53. The minimum Gasteiger partial charge on any atom is -0.480 e. The molecule has 6 nitrogen and oxygen atoms in total. The van der Waals surface area contributed by atoms with Crippen LogP contribution < -0.4 is 10.8 Å². The molecule has 0 heterocycles. The smallest absolute Gasteiger partial charge is 0.320 e. The summed E-state index contributed by atoms with van der Waals surface area (Å²) in [5.74, 6) is -0.967. The second kappa shape index (κ2) is 8.61. The van der Waals surface area contributed by atoms with Gasteiger partial charge in [0.25, 0.3) is 0 Å². The van der Waals surface area contributed by atoms with Crippen molar-refractivity contribution in [1.29, 1.82) is 0 Å². The number of aldehydes is 1. The van der Waals surface area contributed by atoms with E-state index in [1.54, 1.807) is 0 Å². The summed E-state index contributed by atoms with van der Waals surface area (Å²) in [5.41, 5.74) is 2.53. The first-order chi connectivity index (χ1) is 6.72. The van der Waals surface area contributed by atoms with Crippen molar-refractivity contribution in [1.82, 2.24) is 10.8 Å². The van der Waals surface area contributed by atoms with Gasteiger partial charge in [-0.15, -0.1) is 0 Å². The van der Waals surface area contributed by atoms with Crippen LogP contribution in [-0.2, 0) is 14.4 Å². The fourth-order valence-corrected chi connectivity index (χ4v) is 0.866. The van der Waals surface area contributed by atoms with Crippen molar-refractivity contribution in [2.75, 3.05) is 13.3 Å². The molecule has 0 aliphatic carbocycles. The lowest BCUT2D eigenvalue weighted by Crippen LogP contribution is -2.42. The highest BCUT2D eigenvalue weighted by Gasteiger charge is 2.15. The fraction of sp³-hybridized carbons (Fsp3) is 0.750. The first-order valence-corrected chi connectivity index (χ1v) is 4.46. The number of carbonyl (C=O) groups is 2. The van der Waals surface area contributed by atoms with E-state index in [4.69, 9.17) is 9.94 Å². The van der Waals surface area contributed by atoms with E-state index in [1.165, 1.54) is 0 Å². The van der Waals surface area contributed by atoms with Crippen LogP contribution in [0.3, 0.4) is 0 Å². The van der Waals surface area contributed by atoms with E-state index in [9.17, 15) is 9.59 Å². The zero-order valence-corrected chi connectivity index (χ0v) is 8.16. The van der Waals surface area contributed by atoms with Crippen molar-refractivity contribution in [3.8, 4) is 0 Å². The summed E-state index contributed by atoms with van der Waals surface area (Å²) in [5, 5.41) is 11.4. The molecule has 3 N–H and O–H groups in total. The molecule has 1 unspecified atom stereocenters. The van der Waals surface area contributed by atoms with Crippen LogP contribution in [-0.4, -0.2) is 36.7 Å². The molecule has 0 radical (unpaired) electrons. The number of aliphatic carboxylic acids is 1. The lowest BCUT2D eigenvalue weighted by molar-refractivity contribution is -0.139. The molecule has 0 aromatic heterocycles. The van der Waals surface area contributed by atoms with E-state index >= 15 is 0 Å². The van der Waals surface area contributed by atoms with Crippen LogP contribution in [0.2, 0.25) is 0 Å². The van der Waals surface area contributed by atoms with Crippen LogP contribution in [0.1, 0.15) is 19.8 Å². The zero-order chi connectivity index (χ0) is 10.8. The molecule has 0 aliphatic rings. The Balaban J connectivity index is 3.62. The zero-order valence-electron chi connectivity index (χ0n) is 8.16. The van der Waals surface area contributed by atoms with Gasteiger partial charge in [0.15, 0.2) is 0 Å². The summed E-state index contributed by atoms with van der Waals surface area (Å²) in [6.07, 6.45) is 1.22. The quantitative estimate of drug-likeness (QED) is 0.203. The van der Waals surface area contributed by atoms with Gasteiger partial charge in [0.2, 0.25) is 0 Å². The summed E-state index contributed by atoms with van der Waals surface area (Å²) in [4.78, 5) is 25.5. The molecule has 0 rings (SSSR count). The molecule has 0 aliphatic heterocycles. The lowest BCUT2D eigenvalue weighted by Gasteiger charge is -2.13. The minimum atomic E-state index is -0.967. The van der Waals surface area contributed by atoms with Crippen LogP contribution in [0, 0.1) is 0 Å². The van der Waals surface area contributed by atoms with E-state index in [2.05, 4.69) is 10.8 Å². The van der Waals surface area contributed by atoms with Crippen molar-refractivity contribution in [2.45, 2.75) is 25.8 Å². The van der Waals surface area contributed by atoms with Crippen molar-refractivity contribution >= 4 is 12.3 Å². The highest BCUT2D eigenvalue weighted by atomic mass is 16.6. The molecule has 0 aromatic rings. The fourth-order valence-electron chi connectivity index (χ4n) is 0.866. The maximum atomic E-state index is 10.6. The van der Waals surface area contributed by atoms with Gasteiger partial charge in [0.1, 0.15) is 12.3 Å². The number of hydrogen-bond acceptors (Lipinski definition) is 5. The molecule has 0 aromatic carbocycles. The first-order valence-electron chi connectivity index (χ1n) is 4.46. The maximum absolute atomic E-state index is 10.6. The first kappa shape index (κ1) is 13.0. The van der Waals surface area contributed by atoms with E-state index < -0.39 is 12.0 Å². The van der Waals surface area contributed by atoms with E-state index in [0.29, 0.717) is 12.9 Å². The van der Waals surface area contributed by atoms with Crippen LogP contribution >= 0.6 is 0 Å². The Hall–Kier alpha value is -0.980. The second-order valence-corrected chi connectivity index (χ2v) is 2.59. The molecule has 0 amide bonds. The van der Waals surface area contributed by atoms with Crippen molar-refractivity contribution in [3.05, 3.63) is 0 Å². The van der Waals surface area contributed by atoms with Gasteiger partial charge in [-0.1, -0.05) is 0 Å². The Bertz CT molecular complexity index is 175. The Labute approximate surface area is 82.6 Å². The van der Waals surface area contributed by atoms with Crippen molar-refractivity contribution in [3.63, 3.8) is 0 Å². The standard InChI is InChI=1S/C8H16N2O4/c1-2-14-10-6-9-7(8(12)13)4-3-5-11/h5,7,9-10H,2-4,6H2,1H3,(H,12,13). The number of carboxylic acid groups (broad SMARTS) is 1. The summed E-state index contributed by atoms with van der Waals surface area (Å²) in [6, 6.07) is -0.715. The Morgan fingerprint density at radius 3 is 2.86 bits per heavy atom. The molecular weight excluding hydrogens is 188 g/mol. The van der Waals surface area contributed by atoms with Gasteiger partial charge in [0, 0.05) is 6.42 Å². The molecule has 0 saturated heterocycles. The van der Waals surface area contributed by atoms with Crippen molar-refractivity contribution in [2.24, 2.45) is 0 Å². The molecule has 6 heteroatoms. The van der Waals surface area contributed by atoms with Crippen molar-refractivity contribution < 1.29 is 19.5 Å². The maximum Gasteiger partial charge on any atom is 0.320 e. The van der Waals surface area contributed by atoms with Gasteiger partial charge in [0.05, 0.1) is 13.3 Å². The number of hydroxylamine groups is 1. The van der Waals surface area contributed by atoms with Gasteiger partial charge < -0.3 is 14.7 Å². The van der Waals surface area contributed by atoms with Gasteiger partial charge in [-0.3, -0.25) is 10.1 Å². The second-order valence-electron chi connectivity index (χ2n) is 2.59. The summed E-state index contributed by atoms with van der Waals surface area (Å²) in [6.45, 7) is 2.56. The average molecular weight is 204 g/mol. The van der Waals surface area contributed by atoms with Gasteiger partial charge >= 0.3 is 5.97 Å². The number of nitrogens with one attached hydrogen (secondary N) is 2. The average Bonchev–Trinajstić information content (AvgIpc) is 2.16. The third-order valence-corrected chi connectivity index (χ3v) is 1.54. The van der Waals surface area contributed by atoms with Crippen LogP contribution in [0.5, 0.6) is 0 Å². The normalized spacial score (nSPS) is 12.4. The molecule has 1 atom stereocenters. The van der Waals surface area contributed by atoms with E-state index in [-0.39, 0.29) is 19.5 Å². The molecule has 0 fully saturated rings. The highest BCUT2D eigenvalue weighted by Crippen LogP contribution is 1.94. The predicted octanol–water partition coefficient (Wildman–Crippen LogP) is -0.493. The Morgan fingerprint density at radius 1 is 1.64 bits per heavy atom. The molecular formula is C8H16N2O4. The molecule has 0 spiro atoms. The van der Waals surface area contributed by atoms with Gasteiger partial charge in [-0.25, -0.2) is 0 Å². The van der Waals surface area contributed by atoms with Gasteiger partial charge in [-0.2, -0.15) is 5.48 Å². The highest BCUT2D eigenvalue weighted by molar-refractivity contribution is 5.73. The monoisotopic (exact) mass is 204 g/mol. The Kier molecular flexibility index (Phi) is 8.01. The van der Waals surface area contributed by atoms with E-state index in [1.807, 2.05) is 6.92 Å². The van der Waals surface area contributed by atoms with Gasteiger partial charge in [-0.05, 0) is 13.3 Å². The van der Waals surface area contributed by atoms with Crippen LogP contribution in [0.25, 0.3) is 0 Å². The summed E-state index contributed by atoms with van der Waals surface area (Å²) >= 11 is 0. The topological polar surface area (TPSA) is 87.7 Å². The molecule has 0 bridgehead atoms.